The van der Waals surface area contributed by atoms with E-state index in [0.29, 0.717) is 11.0 Å². The number of quaternary nitrogens is 1. The van der Waals surface area contributed by atoms with Gasteiger partial charge < -0.3 is 14.3 Å². The van der Waals surface area contributed by atoms with Crippen LogP contribution in [0.15, 0.2) is 30.3 Å². The molecule has 0 aliphatic carbocycles. The van der Waals surface area contributed by atoms with E-state index in [9.17, 15) is 9.59 Å². The highest BCUT2D eigenvalue weighted by Crippen LogP contribution is 2.08. The molecular formula is C15H22NO4+. The molecule has 1 atom stereocenters. The van der Waals surface area contributed by atoms with Gasteiger partial charge in [-0.25, -0.2) is 0 Å². The van der Waals surface area contributed by atoms with E-state index in [1.54, 1.807) is 0 Å². The van der Waals surface area contributed by atoms with Crippen LogP contribution in [-0.2, 0) is 20.7 Å². The number of aliphatic carboxylic acids is 1. The molecule has 0 aromatic heterocycles. The van der Waals surface area contributed by atoms with Crippen molar-refractivity contribution in [2.24, 2.45) is 0 Å². The van der Waals surface area contributed by atoms with Gasteiger partial charge in [-0.05, 0) is 5.56 Å². The lowest BCUT2D eigenvalue weighted by Gasteiger charge is -2.28. The first-order valence-electron chi connectivity index (χ1n) is 6.52. The normalized spacial score (nSPS) is 12.8. The largest absolute Gasteiger partial charge is 0.481 e. The number of carboxylic acids is 1. The molecule has 1 N–H and O–H groups in total. The highest BCUT2D eigenvalue weighted by atomic mass is 16.5. The van der Waals surface area contributed by atoms with E-state index in [4.69, 9.17) is 9.84 Å². The second-order valence-corrected chi connectivity index (χ2v) is 5.85. The molecule has 20 heavy (non-hydrogen) atoms. The van der Waals surface area contributed by atoms with Crippen LogP contribution in [0, 0.1) is 0 Å². The fourth-order valence-electron chi connectivity index (χ4n) is 1.94. The summed E-state index contributed by atoms with van der Waals surface area (Å²) in [5, 5.41) is 8.89. The first-order valence-corrected chi connectivity index (χ1v) is 6.52. The van der Waals surface area contributed by atoms with Crippen LogP contribution in [0.1, 0.15) is 12.0 Å². The zero-order chi connectivity index (χ0) is 15.2. The van der Waals surface area contributed by atoms with Crippen molar-refractivity contribution in [2.75, 3.05) is 27.7 Å². The van der Waals surface area contributed by atoms with Crippen LogP contribution < -0.4 is 0 Å². The zero-order valence-corrected chi connectivity index (χ0v) is 12.2. The Balaban J connectivity index is 2.59. The summed E-state index contributed by atoms with van der Waals surface area (Å²) in [4.78, 5) is 22.7. The van der Waals surface area contributed by atoms with Gasteiger partial charge in [-0.2, -0.15) is 0 Å². The van der Waals surface area contributed by atoms with Gasteiger partial charge in [0.15, 0.2) is 6.10 Å². The van der Waals surface area contributed by atoms with Gasteiger partial charge in [0, 0.05) is 0 Å². The molecule has 0 saturated heterocycles. The Morgan fingerprint density at radius 2 is 1.80 bits per heavy atom. The minimum absolute atomic E-state index is 0.161. The van der Waals surface area contributed by atoms with Crippen LogP contribution in [0.3, 0.4) is 0 Å². The summed E-state index contributed by atoms with van der Waals surface area (Å²) in [5.41, 5.74) is 0.858. The van der Waals surface area contributed by atoms with E-state index in [1.807, 2.05) is 51.5 Å². The van der Waals surface area contributed by atoms with Crippen molar-refractivity contribution in [2.45, 2.75) is 18.9 Å². The fourth-order valence-corrected chi connectivity index (χ4v) is 1.94. The number of esters is 1. The topological polar surface area (TPSA) is 63.6 Å². The number of hydrogen-bond donors (Lipinski definition) is 1. The van der Waals surface area contributed by atoms with E-state index >= 15 is 0 Å². The number of carbonyl (C=O) groups excluding carboxylic acids is 1. The van der Waals surface area contributed by atoms with Gasteiger partial charge in [0.1, 0.15) is 6.54 Å². The van der Waals surface area contributed by atoms with Crippen LogP contribution in [-0.4, -0.2) is 55.3 Å². The van der Waals surface area contributed by atoms with Crippen molar-refractivity contribution in [3.8, 4) is 0 Å². The number of rotatable bonds is 7. The zero-order valence-electron chi connectivity index (χ0n) is 12.2. The van der Waals surface area contributed by atoms with Gasteiger partial charge in [0.05, 0.1) is 34.0 Å². The van der Waals surface area contributed by atoms with Gasteiger partial charge in [0.2, 0.25) is 0 Å². The van der Waals surface area contributed by atoms with Gasteiger partial charge >= 0.3 is 11.9 Å². The summed E-state index contributed by atoms with van der Waals surface area (Å²) >= 11 is 0. The number of nitrogens with zero attached hydrogens (tertiary/aromatic N) is 1. The van der Waals surface area contributed by atoms with Gasteiger partial charge in [-0.3, -0.25) is 9.59 Å². The second kappa shape index (κ2) is 7.05. The summed E-state index contributed by atoms with van der Waals surface area (Å²) in [7, 11) is 5.79. The van der Waals surface area contributed by atoms with Crippen molar-refractivity contribution in [1.29, 1.82) is 0 Å². The Morgan fingerprint density at radius 1 is 1.20 bits per heavy atom. The summed E-state index contributed by atoms with van der Waals surface area (Å²) < 4.78 is 5.84. The number of hydrogen-bond acceptors (Lipinski definition) is 3. The molecule has 110 valence electrons. The molecular weight excluding hydrogens is 258 g/mol. The molecule has 0 fully saturated rings. The van der Waals surface area contributed by atoms with E-state index in [0.717, 1.165) is 5.56 Å². The summed E-state index contributed by atoms with van der Waals surface area (Å²) in [5.74, 6) is -1.35. The smallest absolute Gasteiger partial charge is 0.310 e. The summed E-state index contributed by atoms with van der Waals surface area (Å²) in [6, 6.07) is 9.26. The molecule has 0 unspecified atom stereocenters. The Hall–Kier alpha value is -1.88. The van der Waals surface area contributed by atoms with E-state index in [1.165, 1.54) is 0 Å². The van der Waals surface area contributed by atoms with E-state index in [2.05, 4.69) is 0 Å². The van der Waals surface area contributed by atoms with Gasteiger partial charge in [0.25, 0.3) is 0 Å². The van der Waals surface area contributed by atoms with Gasteiger partial charge in [-0.15, -0.1) is 0 Å². The fraction of sp³-hybridized carbons (Fsp3) is 0.467. The molecule has 1 aromatic carbocycles. The van der Waals surface area contributed by atoms with Crippen LogP contribution in [0.25, 0.3) is 0 Å². The third-order valence-electron chi connectivity index (χ3n) is 2.64. The lowest BCUT2D eigenvalue weighted by molar-refractivity contribution is -0.873. The Labute approximate surface area is 119 Å². The standard InChI is InChI=1S/C15H21NO4/c1-16(2,3)11-13(10-14(17)18)20-15(19)9-12-7-5-4-6-8-12/h4-8,13H,9-11H2,1-3H3/p+1/t13-/m1/s1. The van der Waals surface area contributed by atoms with Crippen LogP contribution in [0.5, 0.6) is 0 Å². The SMILES string of the molecule is C[N+](C)(C)C[C@@H](CC(=O)O)OC(=O)Cc1ccccc1. The molecule has 5 heteroatoms. The predicted octanol–water partition coefficient (Wildman–Crippen LogP) is 1.32. The third kappa shape index (κ3) is 6.89. The van der Waals surface area contributed by atoms with Crippen molar-refractivity contribution in [3.05, 3.63) is 35.9 Å². The number of likely N-dealkylation sites (N-methyl/N-ethyl adjacent to an activating group) is 1. The molecule has 0 aliphatic heterocycles. The molecule has 5 nitrogen and oxygen atoms in total. The monoisotopic (exact) mass is 280 g/mol. The Bertz CT molecular complexity index is 451. The quantitative estimate of drug-likeness (QED) is 0.604. The summed E-state index contributed by atoms with van der Waals surface area (Å²) in [6.07, 6.45) is -0.617. The minimum Gasteiger partial charge on any atom is -0.481 e. The van der Waals surface area contributed by atoms with E-state index in [-0.39, 0.29) is 12.8 Å². The molecule has 0 aliphatic rings. The average molecular weight is 280 g/mol. The lowest BCUT2D eigenvalue weighted by atomic mass is 10.1. The number of benzene rings is 1. The molecule has 1 aromatic rings. The number of ether oxygens (including phenoxy) is 1. The first-order chi connectivity index (χ1) is 9.26. The molecule has 0 bridgehead atoms. The number of carboxylic acid groups (broad SMARTS) is 1. The van der Waals surface area contributed by atoms with Crippen molar-refractivity contribution in [3.63, 3.8) is 0 Å². The van der Waals surface area contributed by atoms with Crippen molar-refractivity contribution in [1.82, 2.24) is 0 Å². The minimum atomic E-state index is -0.962. The van der Waals surface area contributed by atoms with Gasteiger partial charge in [-0.1, -0.05) is 30.3 Å². The maximum atomic E-state index is 11.9. The van der Waals surface area contributed by atoms with Crippen LogP contribution in [0.2, 0.25) is 0 Å². The third-order valence-corrected chi connectivity index (χ3v) is 2.64. The summed E-state index contributed by atoms with van der Waals surface area (Å²) in [6.45, 7) is 0.465. The molecule has 0 heterocycles. The Kier molecular flexibility index (Phi) is 5.70. The average Bonchev–Trinajstić information content (AvgIpc) is 2.26. The molecule has 1 rings (SSSR count). The molecule has 0 saturated carbocycles. The second-order valence-electron chi connectivity index (χ2n) is 5.85. The van der Waals surface area contributed by atoms with Crippen LogP contribution in [0.4, 0.5) is 0 Å². The maximum Gasteiger partial charge on any atom is 0.310 e. The maximum absolute atomic E-state index is 11.9. The first kappa shape index (κ1) is 16.2. The number of carbonyl (C=O) groups is 2. The molecule has 0 amide bonds. The molecule has 0 radical (unpaired) electrons. The van der Waals surface area contributed by atoms with Crippen LogP contribution >= 0.6 is 0 Å². The highest BCUT2D eigenvalue weighted by molar-refractivity contribution is 5.73. The lowest BCUT2D eigenvalue weighted by Crippen LogP contribution is -2.44. The molecule has 0 spiro atoms. The van der Waals surface area contributed by atoms with E-state index < -0.39 is 18.0 Å². The predicted molar refractivity (Wildman–Crippen MR) is 75.2 cm³/mol. The van der Waals surface area contributed by atoms with Crippen molar-refractivity contribution >= 4 is 11.9 Å². The van der Waals surface area contributed by atoms with Crippen molar-refractivity contribution < 1.29 is 23.9 Å². The highest BCUT2D eigenvalue weighted by Gasteiger charge is 2.24. The Morgan fingerprint density at radius 3 is 2.30 bits per heavy atom.